The Morgan fingerprint density at radius 1 is 1.38 bits per heavy atom. The van der Waals surface area contributed by atoms with E-state index < -0.39 is 0 Å². The Morgan fingerprint density at radius 2 is 2.19 bits per heavy atom. The minimum atomic E-state index is 0.594. The normalized spacial score (nSPS) is 13.5. The summed E-state index contributed by atoms with van der Waals surface area (Å²) in [6.45, 7) is 8.10. The Kier molecular flexibility index (Phi) is 3.52. The number of benzene rings is 1. The smallest absolute Gasteiger partial charge is 0.102 e. The molecular weight excluding hydrogens is 260 g/mol. The van der Waals surface area contributed by atoms with Gasteiger partial charge in [-0.3, -0.25) is 0 Å². The van der Waals surface area contributed by atoms with Crippen LogP contribution in [0.15, 0.2) is 18.3 Å². The Balaban J connectivity index is 2.10. The number of hydrogen-bond donors (Lipinski definition) is 1. The number of aromatic nitrogens is 2. The van der Waals surface area contributed by atoms with E-state index in [1.807, 2.05) is 17.8 Å². The van der Waals surface area contributed by atoms with Crippen molar-refractivity contribution < 1.29 is 0 Å². The van der Waals surface area contributed by atoms with Gasteiger partial charge in [-0.25, -0.2) is 4.68 Å². The van der Waals surface area contributed by atoms with Crippen LogP contribution < -0.4 is 5.32 Å². The van der Waals surface area contributed by atoms with Crippen molar-refractivity contribution in [2.75, 3.05) is 0 Å². The number of fused-ring (bicyclic) bond motifs is 1. The Bertz CT molecular complexity index is 698. The lowest BCUT2D eigenvalue weighted by Crippen LogP contribution is -2.07. The largest absolute Gasteiger partial charge is 0.307 e. The maximum Gasteiger partial charge on any atom is 0.102 e. The molecule has 1 aromatic carbocycles. The fourth-order valence-electron chi connectivity index (χ4n) is 2.94. The number of aryl methyl sites for hydroxylation is 1. The fourth-order valence-corrected chi connectivity index (χ4v) is 2.94. The summed E-state index contributed by atoms with van der Waals surface area (Å²) < 4.78 is 1.88. The Hall–Kier alpha value is -2.12. The van der Waals surface area contributed by atoms with Crippen molar-refractivity contribution in [2.45, 2.75) is 40.3 Å². The molecule has 1 N–H and O–H groups in total. The van der Waals surface area contributed by atoms with Crippen LogP contribution in [0.5, 0.6) is 0 Å². The van der Waals surface area contributed by atoms with Crippen molar-refractivity contribution in [2.24, 2.45) is 5.92 Å². The molecule has 0 fully saturated rings. The predicted molar refractivity (Wildman–Crippen MR) is 82.1 cm³/mol. The third-order valence-electron chi connectivity index (χ3n) is 3.86. The molecule has 108 valence electrons. The van der Waals surface area contributed by atoms with Gasteiger partial charge in [-0.05, 0) is 36.5 Å². The lowest BCUT2D eigenvalue weighted by molar-refractivity contribution is 0.646. The molecule has 2 heterocycles. The average molecular weight is 280 g/mol. The molecule has 0 radical (unpaired) electrons. The second kappa shape index (κ2) is 5.34. The van der Waals surface area contributed by atoms with E-state index in [-0.39, 0.29) is 0 Å². The summed E-state index contributed by atoms with van der Waals surface area (Å²) in [6, 6.07) is 6.57. The van der Waals surface area contributed by atoms with Crippen molar-refractivity contribution in [3.8, 4) is 11.8 Å². The molecule has 0 saturated heterocycles. The maximum absolute atomic E-state index is 9.48. The molecule has 4 heteroatoms. The standard InChI is InChI=1S/C17H20N4/c1-11(2)4-13-5-12(3)15(7-18)17(6-13)21-10-14-8-19-9-16(14)20-21/h5-6,10-11,19H,4,8-9H2,1-3H3. The van der Waals surface area contributed by atoms with Gasteiger partial charge in [-0.1, -0.05) is 19.9 Å². The van der Waals surface area contributed by atoms with Gasteiger partial charge >= 0.3 is 0 Å². The monoisotopic (exact) mass is 280 g/mol. The molecule has 1 aromatic heterocycles. The fraction of sp³-hybridized carbons (Fsp3) is 0.412. The van der Waals surface area contributed by atoms with Crippen molar-refractivity contribution >= 4 is 0 Å². The van der Waals surface area contributed by atoms with E-state index in [1.54, 1.807) is 0 Å². The van der Waals surface area contributed by atoms with Gasteiger partial charge in [0, 0.05) is 24.8 Å². The highest BCUT2D eigenvalue weighted by Gasteiger charge is 2.18. The topological polar surface area (TPSA) is 53.6 Å². The summed E-state index contributed by atoms with van der Waals surface area (Å²) in [5, 5.41) is 17.4. The van der Waals surface area contributed by atoms with Gasteiger partial charge in [-0.15, -0.1) is 0 Å². The van der Waals surface area contributed by atoms with Crippen LogP contribution in [-0.2, 0) is 19.5 Å². The zero-order valence-corrected chi connectivity index (χ0v) is 12.8. The van der Waals surface area contributed by atoms with Crippen LogP contribution >= 0.6 is 0 Å². The lowest BCUT2D eigenvalue weighted by atomic mass is 9.97. The van der Waals surface area contributed by atoms with Gasteiger partial charge in [0.05, 0.1) is 16.9 Å². The SMILES string of the molecule is Cc1cc(CC(C)C)cc(-n2cc3c(n2)CNC3)c1C#N. The minimum Gasteiger partial charge on any atom is -0.307 e. The van der Waals surface area contributed by atoms with Gasteiger partial charge in [0.25, 0.3) is 0 Å². The summed E-state index contributed by atoms with van der Waals surface area (Å²) in [5.74, 6) is 0.594. The Labute approximate surface area is 125 Å². The van der Waals surface area contributed by atoms with Crippen LogP contribution in [0.2, 0.25) is 0 Å². The summed E-state index contributed by atoms with van der Waals surface area (Å²) >= 11 is 0. The van der Waals surface area contributed by atoms with Gasteiger partial charge in [0.2, 0.25) is 0 Å². The van der Waals surface area contributed by atoms with Crippen LogP contribution in [0.3, 0.4) is 0 Å². The molecule has 0 saturated carbocycles. The third-order valence-corrected chi connectivity index (χ3v) is 3.86. The highest BCUT2D eigenvalue weighted by atomic mass is 15.3. The van der Waals surface area contributed by atoms with Gasteiger partial charge in [0.1, 0.15) is 6.07 Å². The molecule has 4 nitrogen and oxygen atoms in total. The van der Waals surface area contributed by atoms with E-state index in [4.69, 9.17) is 0 Å². The van der Waals surface area contributed by atoms with Gasteiger partial charge in [0.15, 0.2) is 0 Å². The van der Waals surface area contributed by atoms with E-state index >= 15 is 0 Å². The molecule has 1 aliphatic heterocycles. The van der Waals surface area contributed by atoms with Crippen LogP contribution in [0.1, 0.15) is 41.8 Å². The minimum absolute atomic E-state index is 0.594. The number of nitrogens with zero attached hydrogens (tertiary/aromatic N) is 3. The van der Waals surface area contributed by atoms with Crippen molar-refractivity contribution in [1.29, 1.82) is 5.26 Å². The van der Waals surface area contributed by atoms with E-state index in [2.05, 4.69) is 42.5 Å². The molecule has 1 aliphatic rings. The summed E-state index contributed by atoms with van der Waals surface area (Å²) in [4.78, 5) is 0. The van der Waals surface area contributed by atoms with Crippen LogP contribution in [0.4, 0.5) is 0 Å². The van der Waals surface area contributed by atoms with Gasteiger partial charge < -0.3 is 5.32 Å². The first-order chi connectivity index (χ1) is 10.1. The molecule has 3 rings (SSSR count). The number of hydrogen-bond acceptors (Lipinski definition) is 3. The highest BCUT2D eigenvalue weighted by molar-refractivity contribution is 5.55. The molecule has 0 unspecified atom stereocenters. The van der Waals surface area contributed by atoms with Crippen molar-refractivity contribution in [3.05, 3.63) is 46.3 Å². The molecule has 0 spiro atoms. The lowest BCUT2D eigenvalue weighted by Gasteiger charge is -2.12. The molecule has 21 heavy (non-hydrogen) atoms. The van der Waals surface area contributed by atoms with Crippen molar-refractivity contribution in [3.63, 3.8) is 0 Å². The summed E-state index contributed by atoms with van der Waals surface area (Å²) in [5.41, 5.74) is 6.24. The predicted octanol–water partition coefficient (Wildman–Crippen LogP) is 2.85. The highest BCUT2D eigenvalue weighted by Crippen LogP contribution is 2.24. The average Bonchev–Trinajstić information content (AvgIpc) is 2.97. The first-order valence-corrected chi connectivity index (χ1v) is 7.40. The zero-order chi connectivity index (χ0) is 15.0. The third kappa shape index (κ3) is 2.57. The molecule has 0 atom stereocenters. The molecule has 0 aliphatic carbocycles. The maximum atomic E-state index is 9.48. The van der Waals surface area contributed by atoms with E-state index in [0.29, 0.717) is 5.92 Å². The molecular formula is C17H20N4. The van der Waals surface area contributed by atoms with Crippen LogP contribution in [0.25, 0.3) is 5.69 Å². The first kappa shape index (κ1) is 13.8. The first-order valence-electron chi connectivity index (χ1n) is 7.40. The quantitative estimate of drug-likeness (QED) is 0.940. The van der Waals surface area contributed by atoms with Crippen LogP contribution in [-0.4, -0.2) is 9.78 Å². The summed E-state index contributed by atoms with van der Waals surface area (Å²) in [7, 11) is 0. The number of nitriles is 1. The second-order valence-corrected chi connectivity index (χ2v) is 6.17. The zero-order valence-electron chi connectivity index (χ0n) is 12.8. The second-order valence-electron chi connectivity index (χ2n) is 6.17. The van der Waals surface area contributed by atoms with E-state index in [0.717, 1.165) is 42.0 Å². The summed E-state index contributed by atoms with van der Waals surface area (Å²) in [6.07, 6.45) is 3.06. The molecule has 0 amide bonds. The number of rotatable bonds is 3. The van der Waals surface area contributed by atoms with Crippen molar-refractivity contribution in [1.82, 2.24) is 15.1 Å². The van der Waals surface area contributed by atoms with E-state index in [9.17, 15) is 5.26 Å². The Morgan fingerprint density at radius 3 is 2.86 bits per heavy atom. The van der Waals surface area contributed by atoms with Gasteiger partial charge in [-0.2, -0.15) is 10.4 Å². The molecule has 0 bridgehead atoms. The van der Waals surface area contributed by atoms with E-state index in [1.165, 1.54) is 11.1 Å². The number of nitrogens with one attached hydrogen (secondary N) is 1. The van der Waals surface area contributed by atoms with Crippen LogP contribution in [0, 0.1) is 24.2 Å². The molecule has 2 aromatic rings.